The first-order valence-electron chi connectivity index (χ1n) is 13.3. The quantitative estimate of drug-likeness (QED) is 0.129. The van der Waals surface area contributed by atoms with E-state index in [-0.39, 0.29) is 35.8 Å². The van der Waals surface area contributed by atoms with E-state index < -0.39 is 52.1 Å². The zero-order chi connectivity index (χ0) is 31.9. The van der Waals surface area contributed by atoms with E-state index in [1.54, 1.807) is 54.6 Å². The van der Waals surface area contributed by atoms with Crippen molar-refractivity contribution in [2.45, 2.75) is 17.0 Å². The predicted molar refractivity (Wildman–Crippen MR) is 157 cm³/mol. The van der Waals surface area contributed by atoms with Gasteiger partial charge in [-0.25, -0.2) is 0 Å². The maximum atomic E-state index is 12.1. The number of rotatable bonds is 14. The molecule has 0 spiro atoms. The maximum absolute atomic E-state index is 12.1. The van der Waals surface area contributed by atoms with Crippen molar-refractivity contribution < 1.29 is 43.0 Å². The summed E-state index contributed by atoms with van der Waals surface area (Å²) in [4.78, 5) is 35.3. The summed E-state index contributed by atoms with van der Waals surface area (Å²) in [5, 5.41) is 41.3. The topological polar surface area (TPSA) is 202 Å². The molecule has 44 heavy (non-hydrogen) atoms. The average Bonchev–Trinajstić information content (AvgIpc) is 2.98. The standard InChI is InChI=1S/C30H30N4O9S/c35-25-10-2-1-7-21(25)29(23-8-3-5-13-31-23)33(18-27(37)38)15-16-34(19-28(39)40)30(24-9-4-6-14-32-24)22-17-20(44(41,42)43)11-12-26(22)36/h1-14,17,29-30,35-36H,15-16,18-19H2,(H,37,38)(H,39,40)(H,41,42,43)/t29-,30?/m0/s1. The van der Waals surface area contributed by atoms with Crippen molar-refractivity contribution in [3.05, 3.63) is 114 Å². The van der Waals surface area contributed by atoms with Gasteiger partial charge < -0.3 is 20.4 Å². The summed E-state index contributed by atoms with van der Waals surface area (Å²) in [6, 6.07) is 17.4. The Bertz CT molecular complexity index is 1710. The van der Waals surface area contributed by atoms with Crippen molar-refractivity contribution in [2.24, 2.45) is 0 Å². The van der Waals surface area contributed by atoms with Gasteiger partial charge in [-0.1, -0.05) is 30.3 Å². The summed E-state index contributed by atoms with van der Waals surface area (Å²) in [7, 11) is -4.69. The lowest BCUT2D eigenvalue weighted by Crippen LogP contribution is -2.43. The smallest absolute Gasteiger partial charge is 0.317 e. The Hall–Kier alpha value is -4.89. The van der Waals surface area contributed by atoms with Crippen LogP contribution in [0.1, 0.15) is 34.6 Å². The molecular weight excluding hydrogens is 592 g/mol. The van der Waals surface area contributed by atoms with E-state index in [9.17, 15) is 43.0 Å². The van der Waals surface area contributed by atoms with E-state index in [2.05, 4.69) is 9.97 Å². The molecule has 2 heterocycles. The Morgan fingerprint density at radius 2 is 1.16 bits per heavy atom. The highest BCUT2D eigenvalue weighted by molar-refractivity contribution is 7.85. The van der Waals surface area contributed by atoms with Gasteiger partial charge in [-0.05, 0) is 48.5 Å². The second-order valence-corrected chi connectivity index (χ2v) is 11.2. The molecule has 4 rings (SSSR count). The third kappa shape index (κ3) is 7.93. The first-order valence-corrected chi connectivity index (χ1v) is 14.7. The van der Waals surface area contributed by atoms with Gasteiger partial charge in [-0.2, -0.15) is 8.42 Å². The van der Waals surface area contributed by atoms with Gasteiger partial charge in [0.25, 0.3) is 10.1 Å². The number of aromatic hydroxyl groups is 2. The van der Waals surface area contributed by atoms with Crippen molar-refractivity contribution in [1.82, 2.24) is 19.8 Å². The van der Waals surface area contributed by atoms with Crippen LogP contribution in [0.5, 0.6) is 11.5 Å². The molecule has 1 unspecified atom stereocenters. The zero-order valence-corrected chi connectivity index (χ0v) is 24.0. The van der Waals surface area contributed by atoms with Crippen LogP contribution in [-0.4, -0.2) is 91.3 Å². The maximum Gasteiger partial charge on any atom is 0.317 e. The lowest BCUT2D eigenvalue weighted by molar-refractivity contribution is -0.140. The van der Waals surface area contributed by atoms with E-state index >= 15 is 0 Å². The van der Waals surface area contributed by atoms with Gasteiger partial charge >= 0.3 is 11.9 Å². The molecule has 2 aromatic carbocycles. The van der Waals surface area contributed by atoms with Crippen LogP contribution in [0.4, 0.5) is 0 Å². The van der Waals surface area contributed by atoms with Crippen LogP contribution < -0.4 is 0 Å². The Morgan fingerprint density at radius 1 is 0.682 bits per heavy atom. The van der Waals surface area contributed by atoms with Crippen LogP contribution in [0.25, 0.3) is 0 Å². The van der Waals surface area contributed by atoms with E-state index in [0.717, 1.165) is 18.2 Å². The molecule has 13 nitrogen and oxygen atoms in total. The van der Waals surface area contributed by atoms with Gasteiger partial charge in [0, 0.05) is 36.6 Å². The number of nitrogens with zero attached hydrogens (tertiary/aromatic N) is 4. The lowest BCUT2D eigenvalue weighted by atomic mass is 9.98. The molecule has 0 bridgehead atoms. The number of benzene rings is 2. The zero-order valence-electron chi connectivity index (χ0n) is 23.2. The first kappa shape index (κ1) is 32.0. The Morgan fingerprint density at radius 3 is 1.61 bits per heavy atom. The molecule has 0 saturated carbocycles. The summed E-state index contributed by atoms with van der Waals surface area (Å²) in [5.74, 6) is -2.93. The largest absolute Gasteiger partial charge is 0.508 e. The van der Waals surface area contributed by atoms with E-state index in [1.165, 1.54) is 28.3 Å². The Kier molecular flexibility index (Phi) is 10.2. The van der Waals surface area contributed by atoms with Crippen LogP contribution in [0.3, 0.4) is 0 Å². The molecule has 0 radical (unpaired) electrons. The van der Waals surface area contributed by atoms with E-state index in [4.69, 9.17) is 0 Å². The minimum atomic E-state index is -4.69. The van der Waals surface area contributed by atoms with Crippen molar-refractivity contribution in [3.8, 4) is 11.5 Å². The number of phenolic OH excluding ortho intramolecular Hbond substituents is 2. The summed E-state index contributed by atoms with van der Waals surface area (Å²) >= 11 is 0. The molecule has 4 aromatic rings. The normalized spacial score (nSPS) is 13.1. The number of para-hydroxylation sites is 1. The fourth-order valence-corrected chi connectivity index (χ4v) is 5.51. The number of carboxylic acids is 2. The number of phenols is 2. The fraction of sp³-hybridized carbons (Fsp3) is 0.200. The van der Waals surface area contributed by atoms with Gasteiger partial charge in [0.2, 0.25) is 0 Å². The highest BCUT2D eigenvalue weighted by Crippen LogP contribution is 2.36. The van der Waals surface area contributed by atoms with Crippen LogP contribution >= 0.6 is 0 Å². The lowest BCUT2D eigenvalue weighted by Gasteiger charge is -2.35. The van der Waals surface area contributed by atoms with Gasteiger partial charge in [0.05, 0.1) is 41.5 Å². The highest BCUT2D eigenvalue weighted by Gasteiger charge is 2.32. The summed E-state index contributed by atoms with van der Waals surface area (Å²) in [6.45, 7) is -1.36. The van der Waals surface area contributed by atoms with Gasteiger partial charge in [0.1, 0.15) is 11.5 Å². The van der Waals surface area contributed by atoms with Gasteiger partial charge in [-0.15, -0.1) is 0 Å². The van der Waals surface area contributed by atoms with Gasteiger partial charge in [0.15, 0.2) is 0 Å². The molecule has 0 saturated heterocycles. The number of hydrogen-bond donors (Lipinski definition) is 5. The van der Waals surface area contributed by atoms with E-state index in [0.29, 0.717) is 11.3 Å². The fourth-order valence-electron chi connectivity index (χ4n) is 5.00. The third-order valence-corrected chi connectivity index (χ3v) is 7.69. The van der Waals surface area contributed by atoms with Crippen molar-refractivity contribution in [1.29, 1.82) is 0 Å². The average molecular weight is 623 g/mol. The molecule has 0 aliphatic heterocycles. The molecule has 0 aliphatic rings. The summed E-state index contributed by atoms with van der Waals surface area (Å²) in [6.07, 6.45) is 2.97. The van der Waals surface area contributed by atoms with Crippen molar-refractivity contribution >= 4 is 22.1 Å². The molecule has 0 aliphatic carbocycles. The van der Waals surface area contributed by atoms with Crippen molar-refractivity contribution in [3.63, 3.8) is 0 Å². The number of carboxylic acid groups (broad SMARTS) is 2. The highest BCUT2D eigenvalue weighted by atomic mass is 32.2. The number of aliphatic carboxylic acids is 2. The molecule has 2 aromatic heterocycles. The molecular formula is C30H30N4O9S. The second kappa shape index (κ2) is 14.1. The molecule has 230 valence electrons. The van der Waals surface area contributed by atoms with Crippen molar-refractivity contribution in [2.75, 3.05) is 26.2 Å². The number of pyridine rings is 2. The number of aromatic nitrogens is 2. The monoisotopic (exact) mass is 622 g/mol. The molecule has 5 N–H and O–H groups in total. The Labute approximate surface area is 253 Å². The summed E-state index contributed by atoms with van der Waals surface area (Å²) in [5.41, 5.74) is 1.01. The minimum absolute atomic E-state index is 0.0492. The van der Waals surface area contributed by atoms with Crippen LogP contribution in [0.15, 0.2) is 96.2 Å². The van der Waals surface area contributed by atoms with Crippen LogP contribution in [0, 0.1) is 0 Å². The minimum Gasteiger partial charge on any atom is -0.508 e. The van der Waals surface area contributed by atoms with E-state index in [1.807, 2.05) is 0 Å². The second-order valence-electron chi connectivity index (χ2n) is 9.80. The first-order chi connectivity index (χ1) is 21.0. The summed E-state index contributed by atoms with van der Waals surface area (Å²) < 4.78 is 33.6. The number of carbonyl (C=O) groups is 2. The third-order valence-electron chi connectivity index (χ3n) is 6.84. The Balaban J connectivity index is 1.82. The molecule has 2 atom stereocenters. The predicted octanol–water partition coefficient (Wildman–Crippen LogP) is 2.79. The molecule has 0 fully saturated rings. The van der Waals surface area contributed by atoms with Crippen LogP contribution in [-0.2, 0) is 19.7 Å². The number of hydrogen-bond acceptors (Lipinski definition) is 10. The molecule has 14 heteroatoms. The molecule has 0 amide bonds. The van der Waals surface area contributed by atoms with Gasteiger partial charge in [-0.3, -0.25) is 33.9 Å². The SMILES string of the molecule is O=C(O)CN(CCN(CC(=O)O)[C@H](c1ccccn1)c1ccccc1O)C(c1ccccn1)c1cc(S(=O)(=O)O)ccc1O. The van der Waals surface area contributed by atoms with Crippen LogP contribution in [0.2, 0.25) is 0 Å².